The molecule has 4 nitrogen and oxygen atoms in total. The normalized spacial score (nSPS) is 19.9. The van der Waals surface area contributed by atoms with Crippen LogP contribution in [0.1, 0.15) is 17.9 Å². The lowest BCUT2D eigenvalue weighted by atomic mass is 9.97. The molecule has 0 aliphatic carbocycles. The second kappa shape index (κ2) is 4.37. The summed E-state index contributed by atoms with van der Waals surface area (Å²) in [4.78, 5) is 24.4. The van der Waals surface area contributed by atoms with E-state index in [-0.39, 0.29) is 18.2 Å². The monoisotopic (exact) mass is 253 g/mol. The number of ether oxygens (including phenoxy) is 1. The van der Waals surface area contributed by atoms with Gasteiger partial charge in [0.05, 0.1) is 13.0 Å². The van der Waals surface area contributed by atoms with E-state index in [9.17, 15) is 9.59 Å². The Labute approximate surface area is 104 Å². The lowest BCUT2D eigenvalue weighted by molar-refractivity contribution is -0.137. The van der Waals surface area contributed by atoms with E-state index < -0.39 is 5.92 Å². The van der Waals surface area contributed by atoms with E-state index in [0.717, 1.165) is 10.5 Å². The Bertz CT molecular complexity index is 487. The van der Waals surface area contributed by atoms with Crippen molar-refractivity contribution in [1.82, 2.24) is 4.90 Å². The number of nitrogens with zero attached hydrogens (tertiary/aromatic N) is 1. The Hall–Kier alpha value is -1.55. The van der Waals surface area contributed by atoms with Gasteiger partial charge in [-0.15, -0.1) is 0 Å². The number of benzene rings is 1. The summed E-state index contributed by atoms with van der Waals surface area (Å²) in [7, 11) is 3.02. The molecule has 1 aliphatic rings. The van der Waals surface area contributed by atoms with Gasteiger partial charge in [0.2, 0.25) is 11.8 Å². The molecule has 0 bridgehead atoms. The van der Waals surface area contributed by atoms with Crippen LogP contribution in [-0.4, -0.2) is 30.9 Å². The quantitative estimate of drug-likeness (QED) is 0.756. The van der Waals surface area contributed by atoms with Gasteiger partial charge in [-0.25, -0.2) is 0 Å². The summed E-state index contributed by atoms with van der Waals surface area (Å²) in [6, 6.07) is 5.09. The molecular weight excluding hydrogens is 242 g/mol. The summed E-state index contributed by atoms with van der Waals surface area (Å²) in [5.41, 5.74) is 0.719. The maximum absolute atomic E-state index is 11.8. The van der Waals surface area contributed by atoms with E-state index in [2.05, 4.69) is 0 Å². The highest BCUT2D eigenvalue weighted by atomic mass is 35.5. The molecule has 1 atom stereocenters. The van der Waals surface area contributed by atoms with E-state index in [1.807, 2.05) is 0 Å². The number of methoxy groups -OCH3 is 1. The number of halogens is 1. The van der Waals surface area contributed by atoms with Gasteiger partial charge in [-0.1, -0.05) is 11.6 Å². The van der Waals surface area contributed by atoms with Gasteiger partial charge in [-0.3, -0.25) is 14.5 Å². The van der Waals surface area contributed by atoms with Crippen LogP contribution in [0.2, 0.25) is 5.02 Å². The zero-order chi connectivity index (χ0) is 12.6. The van der Waals surface area contributed by atoms with Gasteiger partial charge in [0.15, 0.2) is 0 Å². The summed E-state index contributed by atoms with van der Waals surface area (Å²) in [5.74, 6) is -0.222. The van der Waals surface area contributed by atoms with Crippen molar-refractivity contribution in [3.63, 3.8) is 0 Å². The summed E-state index contributed by atoms with van der Waals surface area (Å²) >= 11 is 5.94. The summed E-state index contributed by atoms with van der Waals surface area (Å²) in [5, 5.41) is 0.495. The molecule has 0 saturated carbocycles. The zero-order valence-corrected chi connectivity index (χ0v) is 10.3. The van der Waals surface area contributed by atoms with Crippen molar-refractivity contribution in [2.24, 2.45) is 0 Å². The van der Waals surface area contributed by atoms with Crippen LogP contribution in [-0.2, 0) is 9.59 Å². The van der Waals surface area contributed by atoms with Crippen molar-refractivity contribution in [3.05, 3.63) is 28.8 Å². The maximum Gasteiger partial charge on any atom is 0.236 e. The molecule has 2 rings (SSSR count). The molecule has 1 unspecified atom stereocenters. The second-order valence-electron chi connectivity index (χ2n) is 3.97. The van der Waals surface area contributed by atoms with Crippen molar-refractivity contribution in [1.29, 1.82) is 0 Å². The summed E-state index contributed by atoms with van der Waals surface area (Å²) < 4.78 is 5.09. The number of hydrogen-bond donors (Lipinski definition) is 0. The Morgan fingerprint density at radius 3 is 2.59 bits per heavy atom. The first kappa shape index (κ1) is 11.9. The minimum atomic E-state index is -0.444. The van der Waals surface area contributed by atoms with E-state index in [1.54, 1.807) is 18.2 Å². The van der Waals surface area contributed by atoms with Gasteiger partial charge in [-0.05, 0) is 23.8 Å². The van der Waals surface area contributed by atoms with Gasteiger partial charge in [0.1, 0.15) is 5.75 Å². The molecule has 1 saturated heterocycles. The highest BCUT2D eigenvalue weighted by Gasteiger charge is 2.37. The number of carbonyl (C=O) groups is 2. The van der Waals surface area contributed by atoms with E-state index >= 15 is 0 Å². The standard InChI is InChI=1S/C12H12ClNO3/c1-14-11(15)6-10(12(14)16)7-3-8(13)5-9(4-7)17-2/h3-5,10H,6H2,1-2H3. The zero-order valence-electron chi connectivity index (χ0n) is 9.57. The third kappa shape index (κ3) is 2.13. The van der Waals surface area contributed by atoms with Crippen molar-refractivity contribution >= 4 is 23.4 Å². The number of likely N-dealkylation sites (tertiary alicyclic amines) is 1. The van der Waals surface area contributed by atoms with Crippen LogP contribution in [0.5, 0.6) is 5.75 Å². The van der Waals surface area contributed by atoms with E-state index in [1.165, 1.54) is 14.2 Å². The highest BCUT2D eigenvalue weighted by molar-refractivity contribution is 6.30. The first-order valence-electron chi connectivity index (χ1n) is 5.18. The molecule has 5 heteroatoms. The molecule has 1 aromatic rings. The van der Waals surface area contributed by atoms with E-state index in [4.69, 9.17) is 16.3 Å². The van der Waals surface area contributed by atoms with Gasteiger partial charge >= 0.3 is 0 Å². The fourth-order valence-corrected chi connectivity index (χ4v) is 2.15. The minimum absolute atomic E-state index is 0.168. The average Bonchev–Trinajstić information content (AvgIpc) is 2.56. The molecule has 1 fully saturated rings. The van der Waals surface area contributed by atoms with Gasteiger partial charge in [0.25, 0.3) is 0 Å². The van der Waals surface area contributed by atoms with Crippen molar-refractivity contribution in [2.45, 2.75) is 12.3 Å². The second-order valence-corrected chi connectivity index (χ2v) is 4.41. The summed E-state index contributed by atoms with van der Waals surface area (Å²) in [6.07, 6.45) is 0.193. The van der Waals surface area contributed by atoms with Gasteiger partial charge in [0, 0.05) is 18.5 Å². The number of likely N-dealkylation sites (N-methyl/N-ethyl adjacent to an activating group) is 1. The number of hydrogen-bond acceptors (Lipinski definition) is 3. The van der Waals surface area contributed by atoms with Gasteiger partial charge < -0.3 is 4.74 Å². The lowest BCUT2D eigenvalue weighted by Gasteiger charge is -2.11. The fraction of sp³-hybridized carbons (Fsp3) is 0.333. The average molecular weight is 254 g/mol. The first-order valence-corrected chi connectivity index (χ1v) is 5.55. The Morgan fingerprint density at radius 2 is 2.06 bits per heavy atom. The van der Waals surface area contributed by atoms with Crippen LogP contribution in [0.4, 0.5) is 0 Å². The molecule has 1 aliphatic heterocycles. The predicted molar refractivity (Wildman–Crippen MR) is 63.1 cm³/mol. The molecule has 1 heterocycles. The highest BCUT2D eigenvalue weighted by Crippen LogP contribution is 2.32. The van der Waals surface area contributed by atoms with Gasteiger partial charge in [-0.2, -0.15) is 0 Å². The molecular formula is C12H12ClNO3. The molecule has 2 amide bonds. The topological polar surface area (TPSA) is 46.6 Å². The molecule has 17 heavy (non-hydrogen) atoms. The van der Waals surface area contributed by atoms with Crippen molar-refractivity contribution in [2.75, 3.05) is 14.2 Å². The first-order chi connectivity index (χ1) is 8.02. The van der Waals surface area contributed by atoms with Crippen LogP contribution in [0.15, 0.2) is 18.2 Å². The van der Waals surface area contributed by atoms with Crippen LogP contribution >= 0.6 is 11.6 Å². The molecule has 1 aromatic carbocycles. The van der Waals surface area contributed by atoms with Crippen LogP contribution in [0.25, 0.3) is 0 Å². The number of amides is 2. The summed E-state index contributed by atoms with van der Waals surface area (Å²) in [6.45, 7) is 0. The predicted octanol–water partition coefficient (Wildman–Crippen LogP) is 1.82. The fourth-order valence-electron chi connectivity index (χ4n) is 1.92. The maximum atomic E-state index is 11.8. The van der Waals surface area contributed by atoms with Crippen molar-refractivity contribution in [3.8, 4) is 5.75 Å². The largest absolute Gasteiger partial charge is 0.497 e. The third-order valence-corrected chi connectivity index (χ3v) is 3.13. The Morgan fingerprint density at radius 1 is 1.35 bits per heavy atom. The molecule has 0 N–H and O–H groups in total. The smallest absolute Gasteiger partial charge is 0.236 e. The van der Waals surface area contributed by atoms with Crippen LogP contribution in [0.3, 0.4) is 0 Å². The molecule has 90 valence electrons. The molecule has 0 radical (unpaired) electrons. The minimum Gasteiger partial charge on any atom is -0.497 e. The third-order valence-electron chi connectivity index (χ3n) is 2.91. The SMILES string of the molecule is COc1cc(Cl)cc(C2CC(=O)N(C)C2=O)c1. The van der Waals surface area contributed by atoms with Crippen molar-refractivity contribution < 1.29 is 14.3 Å². The lowest BCUT2D eigenvalue weighted by Crippen LogP contribution is -2.25. The molecule has 0 aromatic heterocycles. The van der Waals surface area contributed by atoms with Crippen LogP contribution in [0, 0.1) is 0 Å². The Kier molecular flexibility index (Phi) is 3.07. The number of rotatable bonds is 2. The number of carbonyl (C=O) groups excluding carboxylic acids is 2. The van der Waals surface area contributed by atoms with E-state index in [0.29, 0.717) is 10.8 Å². The number of imide groups is 1. The Balaban J connectivity index is 2.38. The molecule has 0 spiro atoms. The van der Waals surface area contributed by atoms with Crippen LogP contribution < -0.4 is 4.74 Å².